The SMILES string of the molecule is Cl.O=C(C1CCNCC1)N(Cc1cccc(F)c1)C1CC1. The van der Waals surface area contributed by atoms with E-state index < -0.39 is 0 Å². The van der Waals surface area contributed by atoms with Crippen molar-refractivity contribution in [2.24, 2.45) is 5.92 Å². The second-order valence-corrected chi connectivity index (χ2v) is 5.85. The molecule has 3 rings (SSSR count). The van der Waals surface area contributed by atoms with Gasteiger partial charge in [0.1, 0.15) is 5.82 Å². The van der Waals surface area contributed by atoms with Crippen LogP contribution in [-0.4, -0.2) is 29.9 Å². The van der Waals surface area contributed by atoms with Crippen molar-refractivity contribution in [3.63, 3.8) is 0 Å². The third-order valence-electron chi connectivity index (χ3n) is 4.20. The topological polar surface area (TPSA) is 32.3 Å². The molecule has 2 fully saturated rings. The van der Waals surface area contributed by atoms with Crippen molar-refractivity contribution in [1.29, 1.82) is 0 Å². The van der Waals surface area contributed by atoms with Crippen LogP contribution in [-0.2, 0) is 11.3 Å². The number of piperidine rings is 1. The molecule has 0 unspecified atom stereocenters. The van der Waals surface area contributed by atoms with Crippen molar-refractivity contribution >= 4 is 18.3 Å². The Balaban J connectivity index is 0.00000161. The van der Waals surface area contributed by atoms with Crippen LogP contribution in [0.15, 0.2) is 24.3 Å². The fourth-order valence-electron chi connectivity index (χ4n) is 2.91. The summed E-state index contributed by atoms with van der Waals surface area (Å²) in [7, 11) is 0. The summed E-state index contributed by atoms with van der Waals surface area (Å²) < 4.78 is 13.3. The van der Waals surface area contributed by atoms with Crippen LogP contribution >= 0.6 is 12.4 Å². The average Bonchev–Trinajstić information content (AvgIpc) is 3.30. The smallest absolute Gasteiger partial charge is 0.226 e. The van der Waals surface area contributed by atoms with E-state index in [1.54, 1.807) is 6.07 Å². The zero-order valence-corrected chi connectivity index (χ0v) is 12.9. The minimum atomic E-state index is -0.229. The molecule has 0 bridgehead atoms. The van der Waals surface area contributed by atoms with E-state index in [1.165, 1.54) is 12.1 Å². The van der Waals surface area contributed by atoms with E-state index in [0.717, 1.165) is 44.3 Å². The third-order valence-corrected chi connectivity index (χ3v) is 4.20. The van der Waals surface area contributed by atoms with E-state index in [2.05, 4.69) is 5.32 Å². The van der Waals surface area contributed by atoms with Crippen LogP contribution in [0.25, 0.3) is 0 Å². The summed E-state index contributed by atoms with van der Waals surface area (Å²) in [5.74, 6) is 0.177. The highest BCUT2D eigenvalue weighted by Gasteiger charge is 2.36. The first-order valence-electron chi connectivity index (χ1n) is 7.49. The van der Waals surface area contributed by atoms with E-state index in [-0.39, 0.29) is 30.0 Å². The Morgan fingerprint density at radius 1 is 1.24 bits per heavy atom. The van der Waals surface area contributed by atoms with Crippen molar-refractivity contribution < 1.29 is 9.18 Å². The van der Waals surface area contributed by atoms with Crippen LogP contribution in [0.3, 0.4) is 0 Å². The van der Waals surface area contributed by atoms with E-state index in [1.807, 2.05) is 11.0 Å². The lowest BCUT2D eigenvalue weighted by Crippen LogP contribution is -2.41. The Labute approximate surface area is 131 Å². The Hall–Kier alpha value is -1.13. The lowest BCUT2D eigenvalue weighted by Gasteiger charge is -2.30. The van der Waals surface area contributed by atoms with Crippen LogP contribution in [0.4, 0.5) is 4.39 Å². The molecule has 0 aromatic heterocycles. The highest BCUT2D eigenvalue weighted by molar-refractivity contribution is 5.85. The molecule has 1 saturated heterocycles. The summed E-state index contributed by atoms with van der Waals surface area (Å²) >= 11 is 0. The van der Waals surface area contributed by atoms with E-state index >= 15 is 0 Å². The molecule has 21 heavy (non-hydrogen) atoms. The highest BCUT2D eigenvalue weighted by Crippen LogP contribution is 2.31. The maximum Gasteiger partial charge on any atom is 0.226 e. The molecule has 1 saturated carbocycles. The monoisotopic (exact) mass is 312 g/mol. The summed E-state index contributed by atoms with van der Waals surface area (Å²) in [4.78, 5) is 14.7. The van der Waals surface area contributed by atoms with Gasteiger partial charge in [-0.3, -0.25) is 4.79 Å². The maximum atomic E-state index is 13.3. The van der Waals surface area contributed by atoms with Gasteiger partial charge in [0.25, 0.3) is 0 Å². The number of carbonyl (C=O) groups excluding carboxylic acids is 1. The van der Waals surface area contributed by atoms with Gasteiger partial charge in [-0.15, -0.1) is 12.4 Å². The standard InChI is InChI=1S/C16H21FN2O.ClH/c17-14-3-1-2-12(10-14)11-19(15-4-5-15)16(20)13-6-8-18-9-7-13;/h1-3,10,13,15,18H,4-9,11H2;1H. The first kappa shape index (κ1) is 16.2. The predicted octanol–water partition coefficient (Wildman–Crippen LogP) is 2.74. The fraction of sp³-hybridized carbons (Fsp3) is 0.562. The second-order valence-electron chi connectivity index (χ2n) is 5.85. The van der Waals surface area contributed by atoms with Crippen molar-refractivity contribution in [1.82, 2.24) is 10.2 Å². The van der Waals surface area contributed by atoms with Crippen LogP contribution in [0.1, 0.15) is 31.2 Å². The molecule has 0 atom stereocenters. The number of hydrogen-bond donors (Lipinski definition) is 1. The lowest BCUT2D eigenvalue weighted by molar-refractivity contribution is -0.137. The number of carbonyl (C=O) groups is 1. The van der Waals surface area contributed by atoms with Gasteiger partial charge in [-0.1, -0.05) is 12.1 Å². The van der Waals surface area contributed by atoms with Crippen molar-refractivity contribution in [3.05, 3.63) is 35.6 Å². The van der Waals surface area contributed by atoms with Crippen LogP contribution in [0.2, 0.25) is 0 Å². The van der Waals surface area contributed by atoms with E-state index in [9.17, 15) is 9.18 Å². The lowest BCUT2D eigenvalue weighted by atomic mass is 9.96. The molecular weight excluding hydrogens is 291 g/mol. The molecule has 0 spiro atoms. The van der Waals surface area contributed by atoms with E-state index in [4.69, 9.17) is 0 Å². The first-order chi connectivity index (χ1) is 9.74. The molecule has 1 aliphatic carbocycles. The highest BCUT2D eigenvalue weighted by atomic mass is 35.5. The molecule has 5 heteroatoms. The fourth-order valence-corrected chi connectivity index (χ4v) is 2.91. The van der Waals surface area contributed by atoms with Crippen molar-refractivity contribution in [3.8, 4) is 0 Å². The minimum Gasteiger partial charge on any atom is -0.335 e. The average molecular weight is 313 g/mol. The number of benzene rings is 1. The molecule has 1 aromatic rings. The number of rotatable bonds is 4. The van der Waals surface area contributed by atoms with Crippen LogP contribution < -0.4 is 5.32 Å². The molecule has 1 aromatic carbocycles. The number of nitrogens with one attached hydrogen (secondary N) is 1. The quantitative estimate of drug-likeness (QED) is 0.927. The molecule has 1 aliphatic heterocycles. The van der Waals surface area contributed by atoms with Crippen molar-refractivity contribution in [2.75, 3.05) is 13.1 Å². The van der Waals surface area contributed by atoms with Crippen LogP contribution in [0, 0.1) is 11.7 Å². The largest absolute Gasteiger partial charge is 0.335 e. The van der Waals surface area contributed by atoms with Crippen molar-refractivity contribution in [2.45, 2.75) is 38.3 Å². The van der Waals surface area contributed by atoms with Gasteiger partial charge in [0, 0.05) is 18.5 Å². The number of nitrogens with zero attached hydrogens (tertiary/aromatic N) is 1. The molecular formula is C16H22ClFN2O. The summed E-state index contributed by atoms with van der Waals surface area (Å²) in [6.45, 7) is 2.40. The number of hydrogen-bond acceptors (Lipinski definition) is 2. The minimum absolute atomic E-state index is 0. The Bertz CT molecular complexity index is 487. The first-order valence-corrected chi connectivity index (χ1v) is 7.49. The van der Waals surface area contributed by atoms with Gasteiger partial charge in [-0.05, 0) is 56.5 Å². The number of halogens is 2. The van der Waals surface area contributed by atoms with E-state index in [0.29, 0.717) is 12.6 Å². The van der Waals surface area contributed by atoms with Gasteiger partial charge < -0.3 is 10.2 Å². The normalized spacial score (nSPS) is 18.9. The summed E-state index contributed by atoms with van der Waals surface area (Å²) in [5.41, 5.74) is 0.888. The third kappa shape index (κ3) is 4.17. The second kappa shape index (κ2) is 7.23. The zero-order chi connectivity index (χ0) is 13.9. The molecule has 1 N–H and O–H groups in total. The Morgan fingerprint density at radius 3 is 2.57 bits per heavy atom. The van der Waals surface area contributed by atoms with Gasteiger partial charge in [-0.2, -0.15) is 0 Å². The molecule has 116 valence electrons. The molecule has 3 nitrogen and oxygen atoms in total. The maximum absolute atomic E-state index is 13.3. The summed E-state index contributed by atoms with van der Waals surface area (Å²) in [5, 5.41) is 3.29. The predicted molar refractivity (Wildman–Crippen MR) is 82.8 cm³/mol. The van der Waals surface area contributed by atoms with Gasteiger partial charge in [-0.25, -0.2) is 4.39 Å². The molecule has 1 amide bonds. The zero-order valence-electron chi connectivity index (χ0n) is 12.1. The Kier molecular flexibility index (Phi) is 5.59. The van der Waals surface area contributed by atoms with Gasteiger partial charge in [0.15, 0.2) is 0 Å². The molecule has 0 radical (unpaired) electrons. The van der Waals surface area contributed by atoms with Gasteiger partial charge in [0.05, 0.1) is 0 Å². The molecule has 2 aliphatic rings. The van der Waals surface area contributed by atoms with Crippen LogP contribution in [0.5, 0.6) is 0 Å². The van der Waals surface area contributed by atoms with Gasteiger partial charge in [0.2, 0.25) is 5.91 Å². The summed E-state index contributed by atoms with van der Waals surface area (Å²) in [6, 6.07) is 6.96. The molecule has 1 heterocycles. The summed E-state index contributed by atoms with van der Waals surface area (Å²) in [6.07, 6.45) is 4.02. The number of amides is 1. The Morgan fingerprint density at radius 2 is 1.95 bits per heavy atom. The van der Waals surface area contributed by atoms with Gasteiger partial charge >= 0.3 is 0 Å².